The predicted octanol–water partition coefficient (Wildman–Crippen LogP) is 3.20. The van der Waals surface area contributed by atoms with Crippen molar-refractivity contribution in [2.45, 2.75) is 36.7 Å². The first kappa shape index (κ1) is 32.1. The van der Waals surface area contributed by atoms with Gasteiger partial charge in [-0.1, -0.05) is 30.3 Å². The third-order valence-corrected chi connectivity index (χ3v) is 8.60. The second kappa shape index (κ2) is 14.1. The van der Waals surface area contributed by atoms with Gasteiger partial charge in [0.05, 0.1) is 20.3 Å². The zero-order valence-electron chi connectivity index (χ0n) is 24.4. The maximum atomic E-state index is 13.4. The van der Waals surface area contributed by atoms with Crippen molar-refractivity contribution in [2.24, 2.45) is 0 Å². The minimum atomic E-state index is -3.99. The second-order valence-electron chi connectivity index (χ2n) is 11.0. The lowest BCUT2D eigenvalue weighted by Gasteiger charge is -2.35. The zero-order valence-corrected chi connectivity index (χ0v) is 25.2. The van der Waals surface area contributed by atoms with Gasteiger partial charge >= 0.3 is 0 Å². The second-order valence-corrected chi connectivity index (χ2v) is 12.6. The van der Waals surface area contributed by atoms with E-state index in [1.807, 2.05) is 44.2 Å². The van der Waals surface area contributed by atoms with Crippen molar-refractivity contribution in [2.75, 3.05) is 45.3 Å². The summed E-state index contributed by atoms with van der Waals surface area (Å²) in [4.78, 5) is 28.4. The molecule has 0 aliphatic carbocycles. The summed E-state index contributed by atoms with van der Waals surface area (Å²) in [5.74, 6) is -1.50. The highest BCUT2D eigenvalue weighted by Crippen LogP contribution is 2.28. The summed E-state index contributed by atoms with van der Waals surface area (Å²) in [6, 6.07) is 17.4. The lowest BCUT2D eigenvalue weighted by molar-refractivity contribution is -0.118. The molecule has 1 heterocycles. The minimum absolute atomic E-state index is 0.0439. The van der Waals surface area contributed by atoms with Gasteiger partial charge in [-0.2, -0.15) is 0 Å². The van der Waals surface area contributed by atoms with Crippen LogP contribution in [0, 0.1) is 5.82 Å². The topological polar surface area (TPSA) is 126 Å². The van der Waals surface area contributed by atoms with E-state index in [4.69, 9.17) is 9.47 Å². The van der Waals surface area contributed by atoms with Gasteiger partial charge in [-0.3, -0.25) is 14.5 Å². The van der Waals surface area contributed by atoms with Gasteiger partial charge in [0.1, 0.15) is 22.5 Å². The predicted molar refractivity (Wildman–Crippen MR) is 161 cm³/mol. The molecule has 1 fully saturated rings. The van der Waals surface area contributed by atoms with Gasteiger partial charge in [-0.25, -0.2) is 17.5 Å². The summed E-state index contributed by atoms with van der Waals surface area (Å²) in [7, 11) is -2.65. The van der Waals surface area contributed by atoms with Crippen LogP contribution in [-0.2, 0) is 26.0 Å². The number of morpholine rings is 1. The van der Waals surface area contributed by atoms with Crippen LogP contribution in [0.3, 0.4) is 0 Å². The number of methoxy groups -OCH3 is 1. The number of carbonyl (C=O) groups is 2. The Balaban J connectivity index is 1.50. The third kappa shape index (κ3) is 9.07. The van der Waals surface area contributed by atoms with Crippen molar-refractivity contribution < 1.29 is 31.9 Å². The number of benzene rings is 3. The van der Waals surface area contributed by atoms with Crippen molar-refractivity contribution in [3.8, 4) is 5.75 Å². The Bertz CT molecular complexity index is 1510. The number of nitrogens with zero attached hydrogens (tertiary/aromatic N) is 1. The summed E-state index contributed by atoms with van der Waals surface area (Å²) in [5.41, 5.74) is 0.517. The molecule has 0 unspecified atom stereocenters. The average molecular weight is 613 g/mol. The minimum Gasteiger partial charge on any atom is -0.495 e. The molecular formula is C31H37FN4O6S. The number of hydrogen-bond acceptors (Lipinski definition) is 7. The molecular weight excluding hydrogens is 575 g/mol. The van der Waals surface area contributed by atoms with Crippen LogP contribution in [0.5, 0.6) is 5.75 Å². The highest BCUT2D eigenvalue weighted by molar-refractivity contribution is 7.89. The SMILES string of the molecule is COc1cc(NC(=O)[C@H](Cc2ccccc2)NC(=O)c2ccc(F)cc2)ccc1S(=O)(=O)NC(C)(C)CN1CCOCC1. The normalized spacial score (nSPS) is 15.0. The highest BCUT2D eigenvalue weighted by Gasteiger charge is 2.31. The van der Waals surface area contributed by atoms with E-state index in [2.05, 4.69) is 20.3 Å². The van der Waals surface area contributed by atoms with E-state index in [1.54, 1.807) is 0 Å². The Morgan fingerprint density at radius 2 is 1.70 bits per heavy atom. The van der Waals surface area contributed by atoms with Crippen LogP contribution in [0.15, 0.2) is 77.7 Å². The van der Waals surface area contributed by atoms with Crippen molar-refractivity contribution in [3.05, 3.63) is 89.7 Å². The first-order valence-electron chi connectivity index (χ1n) is 13.9. The average Bonchev–Trinajstić information content (AvgIpc) is 2.97. The fraction of sp³-hybridized carbons (Fsp3) is 0.355. The number of sulfonamides is 1. The summed E-state index contributed by atoms with van der Waals surface area (Å²) in [6.45, 7) is 6.77. The van der Waals surface area contributed by atoms with E-state index in [0.717, 1.165) is 18.7 Å². The summed E-state index contributed by atoms with van der Waals surface area (Å²) in [6.07, 6.45) is 0.186. The maximum Gasteiger partial charge on any atom is 0.251 e. The molecule has 0 aromatic heterocycles. The molecule has 1 aliphatic rings. The lowest BCUT2D eigenvalue weighted by Crippen LogP contribution is -2.53. The summed E-state index contributed by atoms with van der Waals surface area (Å²) < 4.78 is 53.7. The van der Waals surface area contributed by atoms with Crippen LogP contribution >= 0.6 is 0 Å². The molecule has 1 saturated heterocycles. The molecule has 4 rings (SSSR count). The van der Waals surface area contributed by atoms with Gasteiger partial charge in [-0.15, -0.1) is 0 Å². The third-order valence-electron chi connectivity index (χ3n) is 6.86. The lowest BCUT2D eigenvalue weighted by atomic mass is 10.0. The molecule has 3 N–H and O–H groups in total. The fourth-order valence-corrected chi connectivity index (χ4v) is 6.42. The van der Waals surface area contributed by atoms with Crippen LogP contribution in [-0.4, -0.2) is 76.7 Å². The molecule has 230 valence electrons. The van der Waals surface area contributed by atoms with Gasteiger partial charge in [0, 0.05) is 48.9 Å². The molecule has 1 atom stereocenters. The van der Waals surface area contributed by atoms with E-state index in [1.165, 1.54) is 49.6 Å². The van der Waals surface area contributed by atoms with Crippen LogP contribution in [0.4, 0.5) is 10.1 Å². The first-order chi connectivity index (χ1) is 20.5. The Morgan fingerprint density at radius 3 is 2.35 bits per heavy atom. The molecule has 3 aromatic carbocycles. The number of halogens is 1. The number of rotatable bonds is 12. The van der Waals surface area contributed by atoms with E-state index in [-0.39, 0.29) is 28.3 Å². The zero-order chi connectivity index (χ0) is 31.0. The highest BCUT2D eigenvalue weighted by atomic mass is 32.2. The summed E-state index contributed by atoms with van der Waals surface area (Å²) >= 11 is 0. The molecule has 2 amide bonds. The smallest absolute Gasteiger partial charge is 0.251 e. The monoisotopic (exact) mass is 612 g/mol. The number of amides is 2. The largest absolute Gasteiger partial charge is 0.495 e. The molecule has 0 spiro atoms. The Hall–Kier alpha value is -3.84. The molecule has 0 bridgehead atoms. The number of anilines is 1. The van der Waals surface area contributed by atoms with Gasteiger partial charge in [0.15, 0.2) is 0 Å². The van der Waals surface area contributed by atoms with Crippen LogP contribution in [0.2, 0.25) is 0 Å². The van der Waals surface area contributed by atoms with Crippen molar-refractivity contribution in [3.63, 3.8) is 0 Å². The van der Waals surface area contributed by atoms with Gasteiger partial charge in [0.25, 0.3) is 5.91 Å². The Labute approximate surface area is 251 Å². The first-order valence-corrected chi connectivity index (χ1v) is 15.4. The number of carbonyl (C=O) groups excluding carboxylic acids is 2. The molecule has 0 radical (unpaired) electrons. The number of ether oxygens (including phenoxy) is 2. The van der Waals surface area contributed by atoms with E-state index < -0.39 is 39.2 Å². The van der Waals surface area contributed by atoms with E-state index in [0.29, 0.717) is 19.8 Å². The fourth-order valence-electron chi connectivity index (χ4n) is 4.87. The van der Waals surface area contributed by atoms with E-state index in [9.17, 15) is 22.4 Å². The number of nitrogens with one attached hydrogen (secondary N) is 3. The molecule has 0 saturated carbocycles. The van der Waals surface area contributed by atoms with Gasteiger partial charge in [0.2, 0.25) is 15.9 Å². The van der Waals surface area contributed by atoms with Crippen LogP contribution in [0.1, 0.15) is 29.8 Å². The molecule has 43 heavy (non-hydrogen) atoms. The van der Waals surface area contributed by atoms with Gasteiger partial charge in [-0.05, 0) is 55.8 Å². The standard InChI is InChI=1S/C31H37FN4O6S/c1-31(2,21-36-15-17-42-18-16-36)35-43(39,40)28-14-13-25(20-27(28)41-3)33-30(38)26(19-22-7-5-4-6-8-22)34-29(37)23-9-11-24(32)12-10-23/h4-14,20,26,35H,15-19,21H2,1-3H3,(H,33,38)(H,34,37)/t26-/m0/s1. The molecule has 10 nitrogen and oxygen atoms in total. The molecule has 12 heteroatoms. The molecule has 1 aliphatic heterocycles. The van der Waals surface area contributed by atoms with Crippen molar-refractivity contribution >= 4 is 27.5 Å². The number of hydrogen-bond donors (Lipinski definition) is 3. The quantitative estimate of drug-likeness (QED) is 0.287. The molecule has 3 aromatic rings. The Morgan fingerprint density at radius 1 is 1.02 bits per heavy atom. The maximum absolute atomic E-state index is 13.4. The Kier molecular flexibility index (Phi) is 10.5. The van der Waals surface area contributed by atoms with Crippen LogP contribution < -0.4 is 20.1 Å². The van der Waals surface area contributed by atoms with Crippen molar-refractivity contribution in [1.82, 2.24) is 14.9 Å². The van der Waals surface area contributed by atoms with Crippen molar-refractivity contribution in [1.29, 1.82) is 0 Å². The van der Waals surface area contributed by atoms with Gasteiger partial charge < -0.3 is 20.1 Å². The van der Waals surface area contributed by atoms with E-state index >= 15 is 0 Å². The van der Waals surface area contributed by atoms with Crippen LogP contribution in [0.25, 0.3) is 0 Å². The summed E-state index contributed by atoms with van der Waals surface area (Å²) in [5, 5.41) is 5.48.